The van der Waals surface area contributed by atoms with Crippen LogP contribution in [0, 0.1) is 0 Å². The fourth-order valence-electron chi connectivity index (χ4n) is 3.16. The highest BCUT2D eigenvalue weighted by atomic mass is 32.2. The molecule has 7 heteroatoms. The van der Waals surface area contributed by atoms with Gasteiger partial charge in [0.1, 0.15) is 11.5 Å². The average molecular weight is 434 g/mol. The fraction of sp³-hybridized carbons (Fsp3) is 0.208. The van der Waals surface area contributed by atoms with Gasteiger partial charge in [-0.2, -0.15) is 0 Å². The lowest BCUT2D eigenvalue weighted by atomic mass is 10.2. The Hall–Kier alpha value is -3.32. The molecule has 0 bridgehead atoms. The largest absolute Gasteiger partial charge is 0.497 e. The number of thioether (sulfide) groups is 1. The number of hydrogen-bond acceptors (Lipinski definition) is 6. The summed E-state index contributed by atoms with van der Waals surface area (Å²) in [5.41, 5.74) is 1.64. The van der Waals surface area contributed by atoms with Gasteiger partial charge in [0.2, 0.25) is 0 Å². The van der Waals surface area contributed by atoms with Crippen LogP contribution in [0.4, 0.5) is 0 Å². The van der Waals surface area contributed by atoms with Crippen molar-refractivity contribution in [3.05, 3.63) is 89.0 Å². The maximum atomic E-state index is 13.1. The molecule has 0 radical (unpaired) electrons. The van der Waals surface area contributed by atoms with Gasteiger partial charge in [-0.3, -0.25) is 14.3 Å². The summed E-state index contributed by atoms with van der Waals surface area (Å²) in [5.74, 6) is 2.40. The minimum atomic E-state index is -0.0357. The zero-order valence-corrected chi connectivity index (χ0v) is 18.0. The Bertz CT molecular complexity index is 1190. The molecule has 2 aromatic carbocycles. The van der Waals surface area contributed by atoms with Crippen LogP contribution in [0.5, 0.6) is 11.5 Å². The first kappa shape index (κ1) is 20.9. The second-order valence-electron chi connectivity index (χ2n) is 6.89. The van der Waals surface area contributed by atoms with Crippen molar-refractivity contribution in [2.75, 3.05) is 19.5 Å². The van der Waals surface area contributed by atoms with Gasteiger partial charge in [0.25, 0.3) is 5.56 Å². The molecule has 0 saturated carbocycles. The molecule has 0 aliphatic rings. The quantitative estimate of drug-likeness (QED) is 0.221. The van der Waals surface area contributed by atoms with Crippen LogP contribution in [0.2, 0.25) is 0 Å². The number of hydrogen-bond donors (Lipinski definition) is 0. The molecule has 2 heterocycles. The zero-order chi connectivity index (χ0) is 21.5. The number of benzene rings is 2. The third-order valence-electron chi connectivity index (χ3n) is 4.74. The summed E-state index contributed by atoms with van der Waals surface area (Å²) in [4.78, 5) is 22.1. The Morgan fingerprint density at radius 3 is 2.58 bits per heavy atom. The molecular weight excluding hydrogens is 410 g/mol. The highest BCUT2D eigenvalue weighted by Crippen LogP contribution is 2.21. The van der Waals surface area contributed by atoms with Crippen LogP contribution in [-0.2, 0) is 6.54 Å². The van der Waals surface area contributed by atoms with Gasteiger partial charge >= 0.3 is 0 Å². The van der Waals surface area contributed by atoms with Gasteiger partial charge in [-0.1, -0.05) is 30.0 Å². The van der Waals surface area contributed by atoms with Gasteiger partial charge < -0.3 is 9.47 Å². The lowest BCUT2D eigenvalue weighted by Crippen LogP contribution is -2.24. The van der Waals surface area contributed by atoms with Gasteiger partial charge in [0.05, 0.1) is 31.2 Å². The van der Waals surface area contributed by atoms with Crippen LogP contribution in [-0.4, -0.2) is 34.0 Å². The molecule has 4 rings (SSSR count). The van der Waals surface area contributed by atoms with E-state index >= 15 is 0 Å². The number of rotatable bonds is 9. The molecule has 4 aromatic rings. The lowest BCUT2D eigenvalue weighted by molar-refractivity contribution is 0.318. The molecule has 0 aliphatic heterocycles. The lowest BCUT2D eigenvalue weighted by Gasteiger charge is -2.13. The van der Waals surface area contributed by atoms with Gasteiger partial charge in [-0.15, -0.1) is 0 Å². The van der Waals surface area contributed by atoms with Gasteiger partial charge in [0, 0.05) is 18.1 Å². The van der Waals surface area contributed by atoms with Crippen molar-refractivity contribution in [2.45, 2.75) is 18.1 Å². The standard InChI is InChI=1S/C24H23N3O3S/c1-29-19-9-11-20(12-10-19)30-14-5-15-31-24-26-22-8-3-2-7-21(22)23(28)27(24)17-18-6-4-13-25-16-18/h2-4,6-13,16H,5,14-15,17H2,1H3. The molecule has 0 amide bonds. The predicted octanol–water partition coefficient (Wildman–Crippen LogP) is 4.41. The van der Waals surface area contributed by atoms with Crippen molar-refractivity contribution in [3.8, 4) is 11.5 Å². The van der Waals surface area contributed by atoms with E-state index in [9.17, 15) is 4.79 Å². The van der Waals surface area contributed by atoms with E-state index in [4.69, 9.17) is 14.5 Å². The number of nitrogens with zero attached hydrogens (tertiary/aromatic N) is 3. The first-order chi connectivity index (χ1) is 15.2. The van der Waals surface area contributed by atoms with E-state index in [-0.39, 0.29) is 5.56 Å². The molecule has 0 atom stereocenters. The van der Waals surface area contributed by atoms with E-state index in [2.05, 4.69) is 4.98 Å². The van der Waals surface area contributed by atoms with Crippen LogP contribution < -0.4 is 15.0 Å². The fourth-order valence-corrected chi connectivity index (χ4v) is 4.07. The summed E-state index contributed by atoms with van der Waals surface area (Å²) >= 11 is 1.57. The predicted molar refractivity (Wildman–Crippen MR) is 123 cm³/mol. The number of para-hydroxylation sites is 1. The van der Waals surface area contributed by atoms with Crippen molar-refractivity contribution in [2.24, 2.45) is 0 Å². The molecule has 0 saturated heterocycles. The number of fused-ring (bicyclic) bond motifs is 1. The van der Waals surface area contributed by atoms with Crippen LogP contribution >= 0.6 is 11.8 Å². The molecule has 31 heavy (non-hydrogen) atoms. The molecule has 0 unspecified atom stereocenters. The summed E-state index contributed by atoms with van der Waals surface area (Å²) in [6.45, 7) is 1.02. The van der Waals surface area contributed by atoms with Crippen molar-refractivity contribution in [3.63, 3.8) is 0 Å². The summed E-state index contributed by atoms with van der Waals surface area (Å²) in [6.07, 6.45) is 4.33. The van der Waals surface area contributed by atoms with Crippen molar-refractivity contribution in [1.82, 2.24) is 14.5 Å². The van der Waals surface area contributed by atoms with Crippen molar-refractivity contribution >= 4 is 22.7 Å². The SMILES string of the molecule is COc1ccc(OCCCSc2nc3ccccc3c(=O)n2Cc2cccnc2)cc1. The Morgan fingerprint density at radius 1 is 1.00 bits per heavy atom. The van der Waals surface area contributed by atoms with Crippen molar-refractivity contribution in [1.29, 1.82) is 0 Å². The number of ether oxygens (including phenoxy) is 2. The maximum absolute atomic E-state index is 13.1. The number of methoxy groups -OCH3 is 1. The van der Waals surface area contributed by atoms with E-state index in [1.165, 1.54) is 0 Å². The second kappa shape index (κ2) is 10.1. The van der Waals surface area contributed by atoms with Crippen LogP contribution in [0.25, 0.3) is 10.9 Å². The summed E-state index contributed by atoms with van der Waals surface area (Å²) in [7, 11) is 1.64. The minimum absolute atomic E-state index is 0.0357. The first-order valence-electron chi connectivity index (χ1n) is 10.0. The van der Waals surface area contributed by atoms with E-state index in [1.54, 1.807) is 35.8 Å². The highest BCUT2D eigenvalue weighted by molar-refractivity contribution is 7.99. The summed E-state index contributed by atoms with van der Waals surface area (Å²) < 4.78 is 12.7. The van der Waals surface area contributed by atoms with E-state index in [0.29, 0.717) is 29.2 Å². The molecule has 6 nitrogen and oxygen atoms in total. The van der Waals surface area contributed by atoms with Gasteiger partial charge in [-0.05, 0) is 54.4 Å². The van der Waals surface area contributed by atoms with Crippen LogP contribution in [0.15, 0.2) is 83.0 Å². The van der Waals surface area contributed by atoms with Crippen LogP contribution in [0.1, 0.15) is 12.0 Å². The first-order valence-corrected chi connectivity index (χ1v) is 11.0. The third kappa shape index (κ3) is 5.24. The van der Waals surface area contributed by atoms with Crippen LogP contribution in [0.3, 0.4) is 0 Å². The Kier molecular flexibility index (Phi) is 6.84. The molecule has 2 aromatic heterocycles. The summed E-state index contributed by atoms with van der Waals surface area (Å²) in [5, 5.41) is 1.33. The topological polar surface area (TPSA) is 66.2 Å². The molecular formula is C24H23N3O3S. The summed E-state index contributed by atoms with van der Waals surface area (Å²) in [6, 6.07) is 18.8. The normalized spacial score (nSPS) is 10.9. The minimum Gasteiger partial charge on any atom is -0.497 e. The molecule has 0 spiro atoms. The van der Waals surface area contributed by atoms with Gasteiger partial charge in [-0.25, -0.2) is 4.98 Å². The zero-order valence-electron chi connectivity index (χ0n) is 17.2. The molecule has 0 fully saturated rings. The van der Waals surface area contributed by atoms with Gasteiger partial charge in [0.15, 0.2) is 5.16 Å². The van der Waals surface area contributed by atoms with E-state index in [1.807, 2.05) is 60.7 Å². The molecule has 158 valence electrons. The number of aromatic nitrogens is 3. The molecule has 0 N–H and O–H groups in total. The molecule has 0 aliphatic carbocycles. The van der Waals surface area contributed by atoms with Crippen molar-refractivity contribution < 1.29 is 9.47 Å². The van der Waals surface area contributed by atoms with E-state index < -0.39 is 0 Å². The maximum Gasteiger partial charge on any atom is 0.262 e. The Balaban J connectivity index is 1.45. The average Bonchev–Trinajstić information content (AvgIpc) is 2.82. The Morgan fingerprint density at radius 2 is 1.81 bits per heavy atom. The Labute approximate surface area is 184 Å². The third-order valence-corrected chi connectivity index (χ3v) is 5.80. The highest BCUT2D eigenvalue weighted by Gasteiger charge is 2.12. The smallest absolute Gasteiger partial charge is 0.262 e. The second-order valence-corrected chi connectivity index (χ2v) is 7.95. The van der Waals surface area contributed by atoms with E-state index in [0.717, 1.165) is 29.2 Å². The monoisotopic (exact) mass is 433 g/mol. The number of pyridine rings is 1.